The van der Waals surface area contributed by atoms with Crippen LogP contribution in [0.15, 0.2) is 0 Å². The topological polar surface area (TPSA) is 66.6 Å². The van der Waals surface area contributed by atoms with Crippen molar-refractivity contribution >= 4 is 10.2 Å². The molecular formula is C12H27N3O2S. The van der Waals surface area contributed by atoms with E-state index in [2.05, 4.69) is 0 Å². The Kier molecular flexibility index (Phi) is 6.55. The number of hydrogen-bond donors (Lipinski definition) is 1. The summed E-state index contributed by atoms with van der Waals surface area (Å²) in [6.07, 6.45) is 6.22. The summed E-state index contributed by atoms with van der Waals surface area (Å²) in [5.74, 6) is 0. The molecule has 0 aromatic heterocycles. The highest BCUT2D eigenvalue weighted by Crippen LogP contribution is 2.25. The van der Waals surface area contributed by atoms with E-state index in [9.17, 15) is 8.42 Å². The van der Waals surface area contributed by atoms with Crippen molar-refractivity contribution in [1.29, 1.82) is 0 Å². The second kappa shape index (κ2) is 7.43. The van der Waals surface area contributed by atoms with Crippen molar-refractivity contribution in [1.82, 2.24) is 8.61 Å². The Bertz CT molecular complexity index is 326. The molecule has 0 bridgehead atoms. The second-order valence-electron chi connectivity index (χ2n) is 4.97. The standard InChI is InChI=1S/C12H27N3O2S/c1-3-15(12-8-5-4-6-9-12)18(16,17)14(2)11-7-10-13/h12H,3-11,13H2,1-2H3. The van der Waals surface area contributed by atoms with Gasteiger partial charge in [0.25, 0.3) is 10.2 Å². The lowest BCUT2D eigenvalue weighted by atomic mass is 9.95. The summed E-state index contributed by atoms with van der Waals surface area (Å²) in [6.45, 7) is 3.50. The first-order valence-electron chi connectivity index (χ1n) is 6.97. The smallest absolute Gasteiger partial charge is 0.281 e. The molecule has 0 amide bonds. The fourth-order valence-corrected chi connectivity index (χ4v) is 4.22. The molecule has 0 spiro atoms. The monoisotopic (exact) mass is 277 g/mol. The molecule has 5 nitrogen and oxygen atoms in total. The van der Waals surface area contributed by atoms with Gasteiger partial charge < -0.3 is 5.73 Å². The first-order chi connectivity index (χ1) is 8.54. The lowest BCUT2D eigenvalue weighted by molar-refractivity contribution is 0.245. The maximum absolute atomic E-state index is 12.5. The Labute approximate surface area is 112 Å². The fourth-order valence-electron chi connectivity index (χ4n) is 2.59. The number of nitrogens with zero attached hydrogens (tertiary/aromatic N) is 2. The van der Waals surface area contributed by atoms with Crippen LogP contribution in [0, 0.1) is 0 Å². The van der Waals surface area contributed by atoms with Crippen LogP contribution in [-0.4, -0.2) is 49.8 Å². The van der Waals surface area contributed by atoms with Crippen molar-refractivity contribution in [3.63, 3.8) is 0 Å². The molecular weight excluding hydrogens is 250 g/mol. The van der Waals surface area contributed by atoms with E-state index in [0.717, 1.165) is 25.7 Å². The Morgan fingerprint density at radius 2 is 1.83 bits per heavy atom. The van der Waals surface area contributed by atoms with E-state index in [1.165, 1.54) is 10.7 Å². The largest absolute Gasteiger partial charge is 0.330 e. The molecule has 0 aromatic carbocycles. The SMILES string of the molecule is CCN(C1CCCCC1)S(=O)(=O)N(C)CCCN. The minimum atomic E-state index is -3.31. The zero-order chi connectivity index (χ0) is 13.6. The van der Waals surface area contributed by atoms with Gasteiger partial charge in [0.1, 0.15) is 0 Å². The molecule has 1 aliphatic rings. The molecule has 0 atom stereocenters. The Balaban J connectivity index is 2.71. The van der Waals surface area contributed by atoms with E-state index in [1.807, 2.05) is 6.92 Å². The maximum Gasteiger partial charge on any atom is 0.281 e. The van der Waals surface area contributed by atoms with E-state index in [1.54, 1.807) is 11.4 Å². The molecule has 1 fully saturated rings. The van der Waals surface area contributed by atoms with Gasteiger partial charge in [0.05, 0.1) is 0 Å². The molecule has 0 heterocycles. The van der Waals surface area contributed by atoms with Crippen molar-refractivity contribution < 1.29 is 8.42 Å². The van der Waals surface area contributed by atoms with Crippen molar-refractivity contribution in [3.05, 3.63) is 0 Å². The predicted octanol–water partition coefficient (Wildman–Crippen LogP) is 1.17. The van der Waals surface area contributed by atoms with Gasteiger partial charge >= 0.3 is 0 Å². The van der Waals surface area contributed by atoms with Crippen LogP contribution in [-0.2, 0) is 10.2 Å². The van der Waals surface area contributed by atoms with Crippen LogP contribution >= 0.6 is 0 Å². The van der Waals surface area contributed by atoms with Crippen LogP contribution in [0.4, 0.5) is 0 Å². The third-order valence-corrected chi connectivity index (χ3v) is 5.78. The highest BCUT2D eigenvalue weighted by molar-refractivity contribution is 7.86. The quantitative estimate of drug-likeness (QED) is 0.759. The third-order valence-electron chi connectivity index (χ3n) is 3.66. The van der Waals surface area contributed by atoms with Crippen LogP contribution < -0.4 is 5.73 Å². The predicted molar refractivity (Wildman–Crippen MR) is 74.5 cm³/mol. The van der Waals surface area contributed by atoms with E-state index in [-0.39, 0.29) is 6.04 Å². The highest BCUT2D eigenvalue weighted by Gasteiger charge is 2.32. The lowest BCUT2D eigenvalue weighted by Crippen LogP contribution is -2.48. The first kappa shape index (κ1) is 15.9. The van der Waals surface area contributed by atoms with Gasteiger partial charge in [-0.25, -0.2) is 0 Å². The zero-order valence-corrected chi connectivity index (χ0v) is 12.5. The van der Waals surface area contributed by atoms with Gasteiger partial charge in [0.2, 0.25) is 0 Å². The Hall–Kier alpha value is -0.170. The molecule has 1 saturated carbocycles. The van der Waals surface area contributed by atoms with E-state index >= 15 is 0 Å². The summed E-state index contributed by atoms with van der Waals surface area (Å²) in [7, 11) is -1.66. The van der Waals surface area contributed by atoms with E-state index < -0.39 is 10.2 Å². The van der Waals surface area contributed by atoms with Gasteiger partial charge in [-0.05, 0) is 25.8 Å². The molecule has 0 aliphatic heterocycles. The second-order valence-corrected chi connectivity index (χ2v) is 6.95. The third kappa shape index (κ3) is 3.91. The molecule has 6 heteroatoms. The molecule has 0 aromatic rings. The average Bonchev–Trinajstić information content (AvgIpc) is 2.37. The number of rotatable bonds is 7. The van der Waals surface area contributed by atoms with Crippen LogP contribution in [0.5, 0.6) is 0 Å². The minimum absolute atomic E-state index is 0.189. The van der Waals surface area contributed by atoms with E-state index in [4.69, 9.17) is 5.73 Å². The molecule has 1 rings (SSSR count). The van der Waals surface area contributed by atoms with Crippen LogP contribution in [0.3, 0.4) is 0 Å². The summed E-state index contributed by atoms with van der Waals surface area (Å²) in [6, 6.07) is 0.189. The van der Waals surface area contributed by atoms with Crippen LogP contribution in [0.1, 0.15) is 45.4 Å². The van der Waals surface area contributed by atoms with Crippen molar-refractivity contribution in [2.45, 2.75) is 51.5 Å². The number of hydrogen-bond acceptors (Lipinski definition) is 3. The van der Waals surface area contributed by atoms with Crippen LogP contribution in [0.25, 0.3) is 0 Å². The molecule has 0 saturated heterocycles. The van der Waals surface area contributed by atoms with E-state index in [0.29, 0.717) is 26.1 Å². The van der Waals surface area contributed by atoms with Crippen LogP contribution in [0.2, 0.25) is 0 Å². The lowest BCUT2D eigenvalue weighted by Gasteiger charge is -2.35. The van der Waals surface area contributed by atoms with Crippen molar-refractivity contribution in [3.8, 4) is 0 Å². The van der Waals surface area contributed by atoms with Gasteiger partial charge in [-0.3, -0.25) is 0 Å². The molecule has 1 aliphatic carbocycles. The molecule has 0 unspecified atom stereocenters. The molecule has 0 radical (unpaired) electrons. The Morgan fingerprint density at radius 1 is 1.22 bits per heavy atom. The number of nitrogens with two attached hydrogens (primary N) is 1. The van der Waals surface area contributed by atoms with Crippen molar-refractivity contribution in [2.24, 2.45) is 5.73 Å². The van der Waals surface area contributed by atoms with Gasteiger partial charge in [-0.15, -0.1) is 0 Å². The minimum Gasteiger partial charge on any atom is -0.330 e. The normalized spacial score (nSPS) is 18.7. The summed E-state index contributed by atoms with van der Waals surface area (Å²) >= 11 is 0. The molecule has 108 valence electrons. The highest BCUT2D eigenvalue weighted by atomic mass is 32.2. The summed E-state index contributed by atoms with van der Waals surface area (Å²) in [4.78, 5) is 0. The summed E-state index contributed by atoms with van der Waals surface area (Å²) in [5.41, 5.74) is 5.44. The summed E-state index contributed by atoms with van der Waals surface area (Å²) in [5, 5.41) is 0. The van der Waals surface area contributed by atoms with Gasteiger partial charge in [0.15, 0.2) is 0 Å². The average molecular weight is 277 g/mol. The molecule has 2 N–H and O–H groups in total. The molecule has 18 heavy (non-hydrogen) atoms. The van der Waals surface area contributed by atoms with Gasteiger partial charge in [-0.1, -0.05) is 26.2 Å². The zero-order valence-electron chi connectivity index (χ0n) is 11.6. The van der Waals surface area contributed by atoms with Crippen molar-refractivity contribution in [2.75, 3.05) is 26.7 Å². The summed E-state index contributed by atoms with van der Waals surface area (Å²) < 4.78 is 28.1. The van der Waals surface area contributed by atoms with Gasteiger partial charge in [-0.2, -0.15) is 17.0 Å². The Morgan fingerprint density at radius 3 is 2.33 bits per heavy atom. The maximum atomic E-state index is 12.5. The van der Waals surface area contributed by atoms with Gasteiger partial charge in [0, 0.05) is 26.2 Å². The fraction of sp³-hybridized carbons (Fsp3) is 1.00. The first-order valence-corrected chi connectivity index (χ1v) is 8.37.